The molecule has 1 atom stereocenters. The van der Waals surface area contributed by atoms with Gasteiger partial charge in [-0.15, -0.1) is 11.3 Å². The molecule has 0 bridgehead atoms. The van der Waals surface area contributed by atoms with Crippen molar-refractivity contribution < 1.29 is 28.5 Å². The van der Waals surface area contributed by atoms with Crippen LogP contribution in [-0.4, -0.2) is 62.0 Å². The fourth-order valence-corrected chi connectivity index (χ4v) is 5.00. The van der Waals surface area contributed by atoms with Crippen molar-refractivity contribution in [2.24, 2.45) is 0 Å². The number of thiazole rings is 1. The molecule has 5 rings (SSSR count). The number of carbonyl (C=O) groups excluding carboxylic acids is 1. The second kappa shape index (κ2) is 12.4. The zero-order valence-corrected chi connectivity index (χ0v) is 23.4. The number of hydrogen-bond donors (Lipinski definition) is 2. The third-order valence-electron chi connectivity index (χ3n) is 5.80. The average Bonchev–Trinajstić information content (AvgIpc) is 3.35. The Hall–Kier alpha value is -4.49. The Bertz CT molecular complexity index is 1700. The first-order chi connectivity index (χ1) is 19.8. The normalized spacial score (nSPS) is 11.9. The van der Waals surface area contributed by atoms with E-state index in [1.807, 2.05) is 26.0 Å². The van der Waals surface area contributed by atoms with E-state index in [1.54, 1.807) is 19.2 Å². The number of nitrogens with zero attached hydrogens (tertiary/aromatic N) is 5. The summed E-state index contributed by atoms with van der Waals surface area (Å²) in [5, 5.41) is 12.1. The van der Waals surface area contributed by atoms with Crippen LogP contribution in [-0.2, 0) is 11.2 Å². The molecule has 41 heavy (non-hydrogen) atoms. The van der Waals surface area contributed by atoms with Gasteiger partial charge < -0.3 is 19.3 Å². The highest BCUT2D eigenvalue weighted by Crippen LogP contribution is 2.37. The van der Waals surface area contributed by atoms with E-state index in [1.165, 1.54) is 29.8 Å². The number of fused-ring (bicyclic) bond motifs is 2. The van der Waals surface area contributed by atoms with Gasteiger partial charge in [-0.25, -0.2) is 34.1 Å². The van der Waals surface area contributed by atoms with Gasteiger partial charge in [-0.3, -0.25) is 5.32 Å². The molecule has 212 valence electrons. The maximum absolute atomic E-state index is 15.0. The van der Waals surface area contributed by atoms with Gasteiger partial charge in [0.05, 0.1) is 58.7 Å². The number of aromatic nitrogens is 5. The van der Waals surface area contributed by atoms with E-state index >= 15 is 0 Å². The van der Waals surface area contributed by atoms with Gasteiger partial charge in [-0.1, -0.05) is 0 Å². The molecule has 0 radical (unpaired) electrons. The van der Waals surface area contributed by atoms with Crippen molar-refractivity contribution >= 4 is 44.4 Å². The summed E-state index contributed by atoms with van der Waals surface area (Å²) in [7, 11) is 0. The smallest absolute Gasteiger partial charge is 0.411 e. The lowest BCUT2D eigenvalue weighted by Gasteiger charge is -2.15. The van der Waals surface area contributed by atoms with Gasteiger partial charge in [0.25, 0.3) is 0 Å². The van der Waals surface area contributed by atoms with E-state index in [0.29, 0.717) is 52.0 Å². The molecule has 2 N–H and O–H groups in total. The fraction of sp³-hybridized carbons (Fsp3) is 0.286. The Balaban J connectivity index is 1.28. The Labute approximate surface area is 238 Å². The van der Waals surface area contributed by atoms with Crippen molar-refractivity contribution in [2.45, 2.75) is 33.3 Å². The van der Waals surface area contributed by atoms with Crippen molar-refractivity contribution in [1.29, 1.82) is 0 Å². The molecule has 0 fully saturated rings. The summed E-state index contributed by atoms with van der Waals surface area (Å²) < 4.78 is 32.1. The Morgan fingerprint density at radius 2 is 1.90 bits per heavy atom. The number of nitrogens with one attached hydrogen (secondary N) is 1. The van der Waals surface area contributed by atoms with Crippen molar-refractivity contribution in [3.8, 4) is 22.2 Å². The topological polar surface area (TPSA) is 141 Å². The van der Waals surface area contributed by atoms with Gasteiger partial charge >= 0.3 is 6.09 Å². The van der Waals surface area contributed by atoms with E-state index < -0.39 is 18.0 Å². The van der Waals surface area contributed by atoms with Crippen LogP contribution >= 0.6 is 11.3 Å². The Morgan fingerprint density at radius 1 is 1.10 bits per heavy atom. The number of halogens is 1. The Kier molecular flexibility index (Phi) is 8.45. The third-order valence-corrected chi connectivity index (χ3v) is 6.85. The number of anilines is 1. The maximum Gasteiger partial charge on any atom is 0.411 e. The largest absolute Gasteiger partial charge is 0.484 e. The molecule has 3 heterocycles. The van der Waals surface area contributed by atoms with Crippen LogP contribution in [0.2, 0.25) is 0 Å². The summed E-state index contributed by atoms with van der Waals surface area (Å²) in [6, 6.07) is 6.81. The number of carbonyl (C=O) groups is 1. The van der Waals surface area contributed by atoms with E-state index in [4.69, 9.17) is 19.3 Å². The lowest BCUT2D eigenvalue weighted by atomic mass is 10.1. The molecule has 13 heteroatoms. The highest BCUT2D eigenvalue weighted by Gasteiger charge is 2.18. The highest BCUT2D eigenvalue weighted by molar-refractivity contribution is 7.21. The Morgan fingerprint density at radius 3 is 2.66 bits per heavy atom. The molecule has 0 spiro atoms. The van der Waals surface area contributed by atoms with Crippen LogP contribution in [0.5, 0.6) is 11.6 Å². The SMILES string of the molecule is CCOc1cnc2c(-c3nc4cc(F)c(OC(C)COC(=O)Nc5cnc(CCO)nc5)cc4s3)cc(C)cc2n1. The summed E-state index contributed by atoms with van der Waals surface area (Å²) in [6.07, 6.45) is 3.35. The minimum absolute atomic E-state index is 0.0207. The predicted molar refractivity (Wildman–Crippen MR) is 152 cm³/mol. The number of rotatable bonds is 10. The lowest BCUT2D eigenvalue weighted by Crippen LogP contribution is -2.24. The van der Waals surface area contributed by atoms with Crippen LogP contribution in [0, 0.1) is 12.7 Å². The molecule has 3 aromatic heterocycles. The first-order valence-corrected chi connectivity index (χ1v) is 13.7. The number of amides is 1. The first-order valence-electron chi connectivity index (χ1n) is 12.9. The second-order valence-corrected chi connectivity index (χ2v) is 10.1. The molecule has 1 amide bonds. The van der Waals surface area contributed by atoms with Gasteiger partial charge in [0.2, 0.25) is 5.88 Å². The third kappa shape index (κ3) is 6.64. The zero-order valence-electron chi connectivity index (χ0n) is 22.5. The molecule has 11 nitrogen and oxygen atoms in total. The van der Waals surface area contributed by atoms with Crippen LogP contribution in [0.3, 0.4) is 0 Å². The number of benzene rings is 2. The van der Waals surface area contributed by atoms with Gasteiger partial charge in [-0.05, 0) is 38.5 Å². The molecule has 2 aromatic carbocycles. The van der Waals surface area contributed by atoms with E-state index in [2.05, 4.69) is 30.2 Å². The van der Waals surface area contributed by atoms with Gasteiger partial charge in [-0.2, -0.15) is 0 Å². The summed E-state index contributed by atoms with van der Waals surface area (Å²) in [5.41, 5.74) is 3.95. The van der Waals surface area contributed by atoms with Crippen molar-refractivity contribution in [3.63, 3.8) is 0 Å². The van der Waals surface area contributed by atoms with Crippen LogP contribution in [0.25, 0.3) is 31.8 Å². The summed E-state index contributed by atoms with van der Waals surface area (Å²) in [4.78, 5) is 34.0. The second-order valence-electron chi connectivity index (χ2n) is 9.10. The molecule has 0 saturated heterocycles. The van der Waals surface area contributed by atoms with Gasteiger partial charge in [0.15, 0.2) is 11.6 Å². The van der Waals surface area contributed by atoms with E-state index in [9.17, 15) is 9.18 Å². The summed E-state index contributed by atoms with van der Waals surface area (Å²) in [5.74, 6) is 0.341. The lowest BCUT2D eigenvalue weighted by molar-refractivity contribution is 0.0969. The number of hydrogen-bond acceptors (Lipinski definition) is 11. The molecule has 0 aliphatic carbocycles. The monoisotopic (exact) mass is 578 g/mol. The molecule has 0 aliphatic rings. The molecule has 1 unspecified atom stereocenters. The van der Waals surface area contributed by atoms with Crippen LogP contribution < -0.4 is 14.8 Å². The predicted octanol–water partition coefficient (Wildman–Crippen LogP) is 5.09. The number of aryl methyl sites for hydroxylation is 1. The van der Waals surface area contributed by atoms with Crippen LogP contribution in [0.15, 0.2) is 42.9 Å². The molecule has 0 aliphatic heterocycles. The molecule has 5 aromatic rings. The summed E-state index contributed by atoms with van der Waals surface area (Å²) in [6.45, 7) is 5.80. The average molecular weight is 579 g/mol. The van der Waals surface area contributed by atoms with Crippen molar-refractivity contribution in [2.75, 3.05) is 25.1 Å². The maximum atomic E-state index is 15.0. The summed E-state index contributed by atoms with van der Waals surface area (Å²) >= 11 is 1.38. The van der Waals surface area contributed by atoms with Gasteiger partial charge in [0.1, 0.15) is 23.5 Å². The first kappa shape index (κ1) is 28.1. The standard InChI is InChI=1S/C28H27FN6O5S/c1-4-38-25-13-32-26-18(7-15(2)8-21(26)34-25)27-35-20-9-19(29)22(10-23(20)41-27)40-16(3)14-39-28(37)33-17-11-30-24(5-6-36)31-12-17/h7-13,16,36H,4-6,14H2,1-3H3,(H,33,37). The molecular formula is C28H27FN6O5S. The minimum atomic E-state index is -0.733. The molecule has 0 saturated carbocycles. The van der Waals surface area contributed by atoms with E-state index in [-0.39, 0.29) is 19.0 Å². The number of ether oxygens (including phenoxy) is 3. The number of aliphatic hydroxyl groups is 1. The van der Waals surface area contributed by atoms with Crippen LogP contribution in [0.4, 0.5) is 14.9 Å². The van der Waals surface area contributed by atoms with Crippen molar-refractivity contribution in [1.82, 2.24) is 24.9 Å². The highest BCUT2D eigenvalue weighted by atomic mass is 32.1. The zero-order chi connectivity index (χ0) is 28.9. The van der Waals surface area contributed by atoms with Gasteiger partial charge in [0, 0.05) is 24.1 Å². The number of aliphatic hydroxyl groups excluding tert-OH is 1. The van der Waals surface area contributed by atoms with Crippen LogP contribution in [0.1, 0.15) is 25.2 Å². The molecular weight excluding hydrogens is 551 g/mol. The minimum Gasteiger partial charge on any atom is -0.484 e. The van der Waals surface area contributed by atoms with Crippen molar-refractivity contribution in [3.05, 3.63) is 60.1 Å². The fourth-order valence-electron chi connectivity index (χ4n) is 4.01. The van der Waals surface area contributed by atoms with E-state index in [0.717, 1.165) is 15.8 Å². The quantitative estimate of drug-likeness (QED) is 0.230.